The molecule has 1 aliphatic rings. The molecule has 19 heavy (non-hydrogen) atoms. The molecular weight excluding hydrogens is 244 g/mol. The van der Waals surface area contributed by atoms with E-state index in [1.807, 2.05) is 24.4 Å². The summed E-state index contributed by atoms with van der Waals surface area (Å²) >= 11 is 0. The number of carbonyl (C=O) groups excluding carboxylic acids is 1. The summed E-state index contributed by atoms with van der Waals surface area (Å²) in [7, 11) is 0. The summed E-state index contributed by atoms with van der Waals surface area (Å²) in [5, 5.41) is 15.6. The molecule has 0 bridgehead atoms. The Morgan fingerprint density at radius 2 is 2.42 bits per heavy atom. The van der Waals surface area contributed by atoms with Crippen LogP contribution in [0.2, 0.25) is 0 Å². The maximum absolute atomic E-state index is 12.0. The number of β-amino-alcohol motifs (C(OH)–C–C–N with tert-alkyl or cyclic N) is 1. The molecule has 2 atom stereocenters. The predicted octanol–water partition coefficient (Wildman–Crippen LogP) is -0.356. The molecule has 3 rings (SSSR count). The molecular formula is C13H16N4O2. The average Bonchev–Trinajstić information content (AvgIpc) is 3.01. The molecule has 1 fully saturated rings. The molecule has 3 heterocycles. The van der Waals surface area contributed by atoms with Crippen molar-refractivity contribution in [2.24, 2.45) is 5.92 Å². The lowest BCUT2D eigenvalue weighted by Gasteiger charge is -2.13. The van der Waals surface area contributed by atoms with Gasteiger partial charge in [-0.3, -0.25) is 4.79 Å². The van der Waals surface area contributed by atoms with Crippen LogP contribution < -0.4 is 10.6 Å². The smallest absolute Gasteiger partial charge is 0.271 e. The van der Waals surface area contributed by atoms with E-state index in [4.69, 9.17) is 0 Å². The zero-order chi connectivity index (χ0) is 13.2. The largest absolute Gasteiger partial charge is 0.391 e. The van der Waals surface area contributed by atoms with Gasteiger partial charge in [-0.2, -0.15) is 0 Å². The highest BCUT2D eigenvalue weighted by Crippen LogP contribution is 2.08. The fraction of sp³-hybridized carbons (Fsp3) is 0.385. The number of hydrogen-bond donors (Lipinski definition) is 3. The van der Waals surface area contributed by atoms with Crippen molar-refractivity contribution in [3.05, 3.63) is 36.3 Å². The van der Waals surface area contributed by atoms with Gasteiger partial charge in [-0.05, 0) is 12.1 Å². The molecule has 1 saturated heterocycles. The summed E-state index contributed by atoms with van der Waals surface area (Å²) in [6, 6.07) is 5.61. The summed E-state index contributed by atoms with van der Waals surface area (Å²) in [6.07, 6.45) is 3.17. The number of hydrogen-bond acceptors (Lipinski definition) is 4. The monoisotopic (exact) mass is 260 g/mol. The summed E-state index contributed by atoms with van der Waals surface area (Å²) in [5.74, 6) is -0.135. The number of imidazole rings is 1. The third kappa shape index (κ3) is 2.45. The summed E-state index contributed by atoms with van der Waals surface area (Å²) < 4.78 is 1.81. The van der Waals surface area contributed by atoms with E-state index >= 15 is 0 Å². The van der Waals surface area contributed by atoms with Crippen LogP contribution in [0.25, 0.3) is 5.65 Å². The fourth-order valence-corrected chi connectivity index (χ4v) is 2.29. The zero-order valence-electron chi connectivity index (χ0n) is 10.4. The number of aromatic nitrogens is 2. The molecule has 0 radical (unpaired) electrons. The van der Waals surface area contributed by atoms with E-state index in [0.717, 1.165) is 12.2 Å². The van der Waals surface area contributed by atoms with Gasteiger partial charge in [0.2, 0.25) is 0 Å². The molecule has 1 aliphatic heterocycles. The molecule has 3 N–H and O–H groups in total. The summed E-state index contributed by atoms with van der Waals surface area (Å²) in [6.45, 7) is 1.78. The fourth-order valence-electron chi connectivity index (χ4n) is 2.29. The quantitative estimate of drug-likeness (QED) is 0.704. The van der Waals surface area contributed by atoms with Gasteiger partial charge in [0.15, 0.2) is 0 Å². The molecule has 2 aromatic heterocycles. The Morgan fingerprint density at radius 3 is 3.16 bits per heavy atom. The third-order valence-corrected chi connectivity index (χ3v) is 3.43. The van der Waals surface area contributed by atoms with Crippen molar-refractivity contribution in [2.45, 2.75) is 6.10 Å². The Hall–Kier alpha value is -1.92. The van der Waals surface area contributed by atoms with Gasteiger partial charge in [-0.25, -0.2) is 4.98 Å². The summed E-state index contributed by atoms with van der Waals surface area (Å²) in [4.78, 5) is 16.2. The Kier molecular flexibility index (Phi) is 3.18. The number of carbonyl (C=O) groups is 1. The number of aliphatic hydroxyl groups excluding tert-OH is 1. The van der Waals surface area contributed by atoms with Crippen LogP contribution in [0.3, 0.4) is 0 Å². The Balaban J connectivity index is 1.66. The molecule has 0 aliphatic carbocycles. The molecule has 2 aromatic rings. The maximum Gasteiger partial charge on any atom is 0.271 e. The van der Waals surface area contributed by atoms with Crippen molar-refractivity contribution < 1.29 is 9.90 Å². The second-order valence-corrected chi connectivity index (χ2v) is 4.79. The topological polar surface area (TPSA) is 78.7 Å². The minimum absolute atomic E-state index is 0.0704. The molecule has 0 spiro atoms. The number of aliphatic hydroxyl groups is 1. The number of rotatable bonds is 3. The first kappa shape index (κ1) is 12.1. The van der Waals surface area contributed by atoms with Crippen LogP contribution in [-0.4, -0.2) is 46.1 Å². The highest BCUT2D eigenvalue weighted by molar-refractivity contribution is 5.92. The van der Waals surface area contributed by atoms with Crippen molar-refractivity contribution in [1.29, 1.82) is 0 Å². The summed E-state index contributed by atoms with van der Waals surface area (Å²) in [5.41, 5.74) is 1.14. The first-order valence-corrected chi connectivity index (χ1v) is 6.35. The SMILES string of the molecule is O=C(NCC1CNCC1O)c1cn2ccccc2n1. The van der Waals surface area contributed by atoms with Crippen molar-refractivity contribution in [1.82, 2.24) is 20.0 Å². The predicted molar refractivity (Wildman–Crippen MR) is 69.9 cm³/mol. The van der Waals surface area contributed by atoms with E-state index in [9.17, 15) is 9.90 Å². The van der Waals surface area contributed by atoms with Crippen LogP contribution in [0, 0.1) is 5.92 Å². The molecule has 6 heteroatoms. The van der Waals surface area contributed by atoms with Gasteiger partial charge in [0, 0.05) is 37.9 Å². The van der Waals surface area contributed by atoms with Gasteiger partial charge in [-0.1, -0.05) is 6.07 Å². The number of fused-ring (bicyclic) bond motifs is 1. The van der Waals surface area contributed by atoms with Crippen molar-refractivity contribution >= 4 is 11.6 Å². The van der Waals surface area contributed by atoms with Crippen LogP contribution in [0.15, 0.2) is 30.6 Å². The highest BCUT2D eigenvalue weighted by Gasteiger charge is 2.25. The first-order chi connectivity index (χ1) is 9.24. The van der Waals surface area contributed by atoms with Crippen LogP contribution in [0.4, 0.5) is 0 Å². The zero-order valence-corrected chi connectivity index (χ0v) is 10.4. The molecule has 2 unspecified atom stereocenters. The van der Waals surface area contributed by atoms with Crippen LogP contribution in [0.1, 0.15) is 10.5 Å². The maximum atomic E-state index is 12.0. The Morgan fingerprint density at radius 1 is 1.53 bits per heavy atom. The van der Waals surface area contributed by atoms with Crippen LogP contribution in [0.5, 0.6) is 0 Å². The molecule has 6 nitrogen and oxygen atoms in total. The molecule has 100 valence electrons. The number of nitrogens with one attached hydrogen (secondary N) is 2. The van der Waals surface area contributed by atoms with Gasteiger partial charge >= 0.3 is 0 Å². The minimum atomic E-state index is -0.388. The van der Waals surface area contributed by atoms with Gasteiger partial charge < -0.3 is 20.1 Å². The van der Waals surface area contributed by atoms with E-state index in [0.29, 0.717) is 18.8 Å². The molecule has 0 aromatic carbocycles. The number of amides is 1. The van der Waals surface area contributed by atoms with E-state index in [1.54, 1.807) is 10.6 Å². The van der Waals surface area contributed by atoms with Crippen molar-refractivity contribution in [3.8, 4) is 0 Å². The first-order valence-electron chi connectivity index (χ1n) is 6.35. The second kappa shape index (κ2) is 4.99. The van der Waals surface area contributed by atoms with E-state index in [1.165, 1.54) is 0 Å². The standard InChI is InChI=1S/C13H16N4O2/c18-11-7-14-5-9(11)6-15-13(19)10-8-17-4-2-1-3-12(17)16-10/h1-4,8-9,11,14,18H,5-7H2,(H,15,19). The van der Waals surface area contributed by atoms with Crippen LogP contribution in [-0.2, 0) is 0 Å². The van der Waals surface area contributed by atoms with Crippen molar-refractivity contribution in [3.63, 3.8) is 0 Å². The van der Waals surface area contributed by atoms with Gasteiger partial charge in [0.25, 0.3) is 5.91 Å². The third-order valence-electron chi connectivity index (χ3n) is 3.43. The normalized spacial score (nSPS) is 22.8. The highest BCUT2D eigenvalue weighted by atomic mass is 16.3. The second-order valence-electron chi connectivity index (χ2n) is 4.79. The van der Waals surface area contributed by atoms with Crippen molar-refractivity contribution in [2.75, 3.05) is 19.6 Å². The van der Waals surface area contributed by atoms with E-state index in [2.05, 4.69) is 15.6 Å². The van der Waals surface area contributed by atoms with Gasteiger partial charge in [0.1, 0.15) is 11.3 Å². The lowest BCUT2D eigenvalue weighted by molar-refractivity contribution is 0.0922. The van der Waals surface area contributed by atoms with E-state index < -0.39 is 0 Å². The molecule has 1 amide bonds. The Labute approximate surface area is 110 Å². The minimum Gasteiger partial charge on any atom is -0.391 e. The number of nitrogens with zero attached hydrogens (tertiary/aromatic N) is 2. The van der Waals surface area contributed by atoms with Gasteiger partial charge in [-0.15, -0.1) is 0 Å². The lowest BCUT2D eigenvalue weighted by Crippen LogP contribution is -2.34. The molecule has 0 saturated carbocycles. The Bertz CT molecular complexity index is 562. The average molecular weight is 260 g/mol. The lowest BCUT2D eigenvalue weighted by atomic mass is 10.1. The number of pyridine rings is 1. The van der Waals surface area contributed by atoms with Gasteiger partial charge in [0.05, 0.1) is 6.10 Å². The van der Waals surface area contributed by atoms with Crippen LogP contribution >= 0.6 is 0 Å². The van der Waals surface area contributed by atoms with E-state index in [-0.39, 0.29) is 17.9 Å².